The van der Waals surface area contributed by atoms with Crippen molar-refractivity contribution in [2.24, 2.45) is 0 Å². The van der Waals surface area contributed by atoms with Crippen LogP contribution in [0.5, 0.6) is 0 Å². The van der Waals surface area contributed by atoms with Gasteiger partial charge < -0.3 is 0 Å². The molecule has 0 radical (unpaired) electrons. The van der Waals surface area contributed by atoms with Crippen LogP contribution in [0.25, 0.3) is 0 Å². The number of rotatable bonds is 19. The van der Waals surface area contributed by atoms with E-state index in [1.54, 1.807) is 36.8 Å². The average molecular weight is 597 g/mol. The average Bonchev–Trinajstić information content (AvgIpc) is 2.85. The van der Waals surface area contributed by atoms with Crippen LogP contribution in [-0.2, 0) is 14.6 Å². The molecule has 194 valence electrons. The Morgan fingerprint density at radius 2 is 1.38 bits per heavy atom. The van der Waals surface area contributed by atoms with Gasteiger partial charge in [0.1, 0.15) is 0 Å². The maximum absolute atomic E-state index is 13.5. The standard InChI is InChI=1S/C17H23O3S.3C4H9.Sn/c1-3-4-5-7-10-16(13-14-20-2)15-21(18,19)17-11-8-6-9-12-17;3*1-3-4-2;/h6-9,11-12,15H,3-5,13-14H2,1-2H3;3*1,3-4H2,2H3;/b10-7?,16-15-;;;;. The third-order valence-electron chi connectivity index (χ3n) is 6.79. The van der Waals surface area contributed by atoms with Gasteiger partial charge in [-0.25, -0.2) is 0 Å². The first-order valence-corrected chi connectivity index (χ1v) is 22.6. The number of allylic oxidation sites excluding steroid dienone is 2. The van der Waals surface area contributed by atoms with Gasteiger partial charge in [0.25, 0.3) is 0 Å². The summed E-state index contributed by atoms with van der Waals surface area (Å²) in [6.07, 6.45) is 13.9. The molecule has 0 saturated carbocycles. The molecule has 0 unspecified atom stereocenters. The topological polar surface area (TPSA) is 43.4 Å². The summed E-state index contributed by atoms with van der Waals surface area (Å²) in [4.78, 5) is 0.384. The fraction of sp³-hybridized carbons (Fsp3) is 0.655. The van der Waals surface area contributed by atoms with Crippen LogP contribution in [0.15, 0.2) is 55.9 Å². The van der Waals surface area contributed by atoms with E-state index in [1.165, 1.54) is 55.4 Å². The number of hydrogen-bond acceptors (Lipinski definition) is 3. The van der Waals surface area contributed by atoms with Crippen molar-refractivity contribution in [3.05, 3.63) is 51.0 Å². The Bertz CT molecular complexity index is 806. The molecule has 0 atom stereocenters. The van der Waals surface area contributed by atoms with Crippen LogP contribution in [0.2, 0.25) is 13.3 Å². The van der Waals surface area contributed by atoms with E-state index >= 15 is 0 Å². The molecule has 5 heteroatoms. The maximum atomic E-state index is 13.5. The molecule has 3 nitrogen and oxygen atoms in total. The van der Waals surface area contributed by atoms with Crippen LogP contribution in [0.1, 0.15) is 91.9 Å². The molecule has 1 aromatic rings. The number of sulfone groups is 1. The summed E-state index contributed by atoms with van der Waals surface area (Å²) in [6, 6.07) is 8.90. The molecule has 1 rings (SSSR count). The van der Waals surface area contributed by atoms with Gasteiger partial charge in [0, 0.05) is 0 Å². The monoisotopic (exact) mass is 598 g/mol. The summed E-state index contributed by atoms with van der Waals surface area (Å²) in [7, 11) is -1.80. The van der Waals surface area contributed by atoms with Crippen LogP contribution in [0.4, 0.5) is 0 Å². The van der Waals surface area contributed by atoms with Crippen molar-refractivity contribution < 1.29 is 13.2 Å². The summed E-state index contributed by atoms with van der Waals surface area (Å²) in [5.74, 6) is 0. The second kappa shape index (κ2) is 17.8. The van der Waals surface area contributed by atoms with Crippen molar-refractivity contribution in [2.75, 3.05) is 13.7 Å². The van der Waals surface area contributed by atoms with Crippen molar-refractivity contribution in [3.8, 4) is 0 Å². The predicted octanol–water partition coefficient (Wildman–Crippen LogP) is 8.89. The summed E-state index contributed by atoms with van der Waals surface area (Å²) >= 11 is -2.86. The Labute approximate surface area is 215 Å². The van der Waals surface area contributed by atoms with E-state index in [2.05, 4.69) is 33.8 Å². The molecule has 1 aromatic carbocycles. The fourth-order valence-corrected chi connectivity index (χ4v) is 23.8. The van der Waals surface area contributed by atoms with Crippen molar-refractivity contribution in [3.63, 3.8) is 0 Å². The molecule has 0 spiro atoms. The molecule has 0 N–H and O–H groups in total. The quantitative estimate of drug-likeness (QED) is 0.0909. The van der Waals surface area contributed by atoms with Crippen LogP contribution in [0, 0.1) is 0 Å². The molecule has 0 aliphatic heterocycles. The molecule has 0 aliphatic rings. The molecule has 0 fully saturated rings. The Balaban J connectivity index is 3.73. The minimum atomic E-state index is -3.51. The molecule has 0 amide bonds. The van der Waals surface area contributed by atoms with Crippen molar-refractivity contribution in [1.29, 1.82) is 0 Å². The molecular weight excluding hydrogens is 547 g/mol. The van der Waals surface area contributed by atoms with Gasteiger partial charge in [-0.15, -0.1) is 0 Å². The van der Waals surface area contributed by atoms with E-state index in [0.717, 1.165) is 24.8 Å². The van der Waals surface area contributed by atoms with Gasteiger partial charge in [0.2, 0.25) is 0 Å². The van der Waals surface area contributed by atoms with E-state index in [9.17, 15) is 8.42 Å². The van der Waals surface area contributed by atoms with E-state index in [4.69, 9.17) is 4.74 Å². The molecule has 0 bridgehead atoms. The molecule has 0 heterocycles. The number of methoxy groups -OCH3 is 1. The Kier molecular flexibility index (Phi) is 16.4. The van der Waals surface area contributed by atoms with E-state index < -0.39 is 28.2 Å². The van der Waals surface area contributed by atoms with Crippen LogP contribution in [0.3, 0.4) is 0 Å². The number of benzene rings is 1. The minimum absolute atomic E-state index is 0.384. The van der Waals surface area contributed by atoms with Gasteiger partial charge in [0.05, 0.1) is 0 Å². The first kappa shape index (κ1) is 31.4. The molecule has 0 saturated heterocycles. The van der Waals surface area contributed by atoms with Crippen LogP contribution in [-0.4, -0.2) is 40.5 Å². The third-order valence-corrected chi connectivity index (χ3v) is 24.3. The number of hydrogen-bond donors (Lipinski definition) is 0. The SMILES string of the molecule is CCCC/C=[C](\C(=C\S(=O)(=O)c1ccccc1)CCOC)[Sn]([CH2]CCC)([CH2]CCC)[CH2]CCC. The first-order chi connectivity index (χ1) is 16.4. The Morgan fingerprint density at radius 3 is 1.85 bits per heavy atom. The normalized spacial score (nSPS) is 13.4. The van der Waals surface area contributed by atoms with Gasteiger partial charge in [-0.05, 0) is 0 Å². The summed E-state index contributed by atoms with van der Waals surface area (Å²) in [6.45, 7) is 9.66. The Morgan fingerprint density at radius 1 is 0.853 bits per heavy atom. The van der Waals surface area contributed by atoms with Crippen molar-refractivity contribution in [1.82, 2.24) is 0 Å². The summed E-state index contributed by atoms with van der Waals surface area (Å²) in [5.41, 5.74) is 1.04. The van der Waals surface area contributed by atoms with E-state index in [0.29, 0.717) is 17.9 Å². The summed E-state index contributed by atoms with van der Waals surface area (Å²) in [5, 5.41) is 1.62. The zero-order valence-corrected chi connectivity index (χ0v) is 26.2. The first-order valence-electron chi connectivity index (χ1n) is 13.6. The van der Waals surface area contributed by atoms with Gasteiger partial charge in [-0.2, -0.15) is 0 Å². The Hall–Kier alpha value is -0.591. The van der Waals surface area contributed by atoms with Crippen molar-refractivity contribution in [2.45, 2.75) is 110 Å². The molecule has 0 aliphatic carbocycles. The fourth-order valence-electron chi connectivity index (χ4n) is 4.80. The van der Waals surface area contributed by atoms with Gasteiger partial charge in [0.15, 0.2) is 0 Å². The van der Waals surface area contributed by atoms with Crippen LogP contribution < -0.4 is 0 Å². The molecular formula is C29H50O3SSn. The van der Waals surface area contributed by atoms with Gasteiger partial charge >= 0.3 is 216 Å². The number of unbranched alkanes of at least 4 members (excludes halogenated alkanes) is 5. The van der Waals surface area contributed by atoms with E-state index in [1.807, 2.05) is 6.07 Å². The zero-order chi connectivity index (χ0) is 25.3. The van der Waals surface area contributed by atoms with Gasteiger partial charge in [-0.3, -0.25) is 0 Å². The third kappa shape index (κ3) is 10.6. The van der Waals surface area contributed by atoms with Crippen LogP contribution >= 0.6 is 0 Å². The second-order valence-corrected chi connectivity index (χ2v) is 24.5. The second-order valence-electron chi connectivity index (χ2n) is 9.59. The van der Waals surface area contributed by atoms with Crippen molar-refractivity contribution >= 4 is 28.2 Å². The molecule has 0 aromatic heterocycles. The predicted molar refractivity (Wildman–Crippen MR) is 151 cm³/mol. The number of ether oxygens (including phenoxy) is 1. The van der Waals surface area contributed by atoms with E-state index in [-0.39, 0.29) is 0 Å². The zero-order valence-electron chi connectivity index (χ0n) is 22.6. The molecule has 34 heavy (non-hydrogen) atoms. The summed E-state index contributed by atoms with van der Waals surface area (Å²) < 4.78 is 38.0. The van der Waals surface area contributed by atoms with Gasteiger partial charge in [-0.1, -0.05) is 0 Å².